The first-order valence-corrected chi connectivity index (χ1v) is 11.0. The van der Waals surface area contributed by atoms with Gasteiger partial charge >= 0.3 is 11.9 Å². The summed E-state index contributed by atoms with van der Waals surface area (Å²) >= 11 is 0. The van der Waals surface area contributed by atoms with Crippen LogP contribution in [-0.2, 0) is 19.1 Å². The zero-order valence-electron chi connectivity index (χ0n) is 20.3. The molecule has 0 radical (unpaired) electrons. The van der Waals surface area contributed by atoms with Gasteiger partial charge in [-0.3, -0.25) is 4.79 Å². The normalized spacial score (nSPS) is 16.6. The Morgan fingerprint density at radius 3 is 2.00 bits per heavy atom. The second kappa shape index (κ2) is 11.0. The number of esters is 2. The molecular formula is C26H30O8. The van der Waals surface area contributed by atoms with Crippen molar-refractivity contribution in [3.63, 3.8) is 0 Å². The first-order valence-electron chi connectivity index (χ1n) is 11.0. The molecule has 0 saturated carbocycles. The number of fused-ring (bicyclic) bond motifs is 1. The second-order valence-electron chi connectivity index (χ2n) is 7.41. The van der Waals surface area contributed by atoms with Gasteiger partial charge in [0.15, 0.2) is 23.0 Å². The average Bonchev–Trinajstić information content (AvgIpc) is 2.86. The number of rotatable bonds is 9. The summed E-state index contributed by atoms with van der Waals surface area (Å²) in [5, 5.41) is 0. The molecule has 0 aliphatic heterocycles. The minimum absolute atomic E-state index is 0.154. The Kier molecular flexibility index (Phi) is 8.04. The Labute approximate surface area is 199 Å². The van der Waals surface area contributed by atoms with Crippen LogP contribution in [-0.4, -0.2) is 53.6 Å². The molecule has 0 aromatic heterocycles. The zero-order valence-corrected chi connectivity index (χ0v) is 20.3. The third-order valence-corrected chi connectivity index (χ3v) is 5.74. The van der Waals surface area contributed by atoms with Crippen molar-refractivity contribution in [3.05, 3.63) is 52.6 Å². The molecule has 1 aliphatic rings. The van der Waals surface area contributed by atoms with E-state index in [0.717, 1.165) is 5.56 Å². The van der Waals surface area contributed by atoms with Gasteiger partial charge in [0.25, 0.3) is 0 Å². The Morgan fingerprint density at radius 2 is 1.41 bits per heavy atom. The van der Waals surface area contributed by atoms with Gasteiger partial charge in [-0.05, 0) is 37.6 Å². The highest BCUT2D eigenvalue weighted by atomic mass is 16.5. The van der Waals surface area contributed by atoms with Crippen LogP contribution in [0.1, 0.15) is 36.5 Å². The summed E-state index contributed by atoms with van der Waals surface area (Å²) in [6.07, 6.45) is 1.62. The van der Waals surface area contributed by atoms with E-state index in [0.29, 0.717) is 34.1 Å². The maximum absolute atomic E-state index is 13.3. The van der Waals surface area contributed by atoms with E-state index in [-0.39, 0.29) is 18.8 Å². The van der Waals surface area contributed by atoms with Crippen molar-refractivity contribution in [2.24, 2.45) is 5.92 Å². The summed E-state index contributed by atoms with van der Waals surface area (Å²) in [5.74, 6) is -0.899. The number of hydrogen-bond acceptors (Lipinski definition) is 8. The highest BCUT2D eigenvalue weighted by Crippen LogP contribution is 2.51. The number of benzene rings is 2. The molecule has 0 spiro atoms. The summed E-state index contributed by atoms with van der Waals surface area (Å²) in [4.78, 5) is 26.5. The van der Waals surface area contributed by atoms with E-state index < -0.39 is 23.8 Å². The molecule has 2 aromatic carbocycles. The van der Waals surface area contributed by atoms with Crippen LogP contribution in [0.2, 0.25) is 0 Å². The first-order chi connectivity index (χ1) is 16.5. The van der Waals surface area contributed by atoms with Crippen LogP contribution < -0.4 is 18.9 Å². The van der Waals surface area contributed by atoms with Crippen molar-refractivity contribution >= 4 is 18.0 Å². The fraction of sp³-hybridized carbons (Fsp3) is 0.385. The van der Waals surface area contributed by atoms with Crippen LogP contribution in [0.3, 0.4) is 0 Å². The van der Waals surface area contributed by atoms with E-state index in [1.807, 2.05) is 18.2 Å². The van der Waals surface area contributed by atoms with E-state index in [2.05, 4.69) is 0 Å². The van der Waals surface area contributed by atoms with Crippen LogP contribution in [0.4, 0.5) is 0 Å². The Bertz CT molecular complexity index is 1090. The van der Waals surface area contributed by atoms with Crippen molar-refractivity contribution in [2.75, 3.05) is 41.7 Å². The Morgan fingerprint density at radius 1 is 0.765 bits per heavy atom. The zero-order chi connectivity index (χ0) is 24.8. The summed E-state index contributed by atoms with van der Waals surface area (Å²) in [5.41, 5.74) is 2.17. The number of methoxy groups -OCH3 is 4. The van der Waals surface area contributed by atoms with Gasteiger partial charge in [-0.2, -0.15) is 0 Å². The fourth-order valence-electron chi connectivity index (χ4n) is 4.39. The molecule has 0 unspecified atom stereocenters. The largest absolute Gasteiger partial charge is 0.493 e. The van der Waals surface area contributed by atoms with E-state index in [9.17, 15) is 9.59 Å². The molecule has 182 valence electrons. The molecule has 3 rings (SSSR count). The third kappa shape index (κ3) is 4.40. The number of carbonyl (C=O) groups is 2. The smallest absolute Gasteiger partial charge is 0.334 e. The minimum Gasteiger partial charge on any atom is -0.493 e. The number of ether oxygens (including phenoxy) is 6. The lowest BCUT2D eigenvalue weighted by Gasteiger charge is -2.34. The number of carbonyl (C=O) groups excluding carboxylic acids is 2. The first kappa shape index (κ1) is 25.0. The predicted molar refractivity (Wildman–Crippen MR) is 126 cm³/mol. The molecule has 8 nitrogen and oxygen atoms in total. The maximum atomic E-state index is 13.3. The standard InChI is InChI=1S/C26H30O8/c1-7-33-25(27)18-14-17-15(12-13-20(30-4)24(17)32-6)21(22(18)26(28)34-8-2)16-10-9-11-19(29-3)23(16)31-5/h9-14,21-22H,7-8H2,1-6H3/t21-,22+/m1/s1. The minimum atomic E-state index is -0.981. The van der Waals surface area contributed by atoms with Gasteiger partial charge in [0, 0.05) is 17.0 Å². The Hall–Kier alpha value is -3.68. The van der Waals surface area contributed by atoms with Crippen LogP contribution >= 0.6 is 0 Å². The third-order valence-electron chi connectivity index (χ3n) is 5.74. The Balaban J connectivity index is 2.41. The van der Waals surface area contributed by atoms with Gasteiger partial charge in [-0.1, -0.05) is 18.2 Å². The van der Waals surface area contributed by atoms with E-state index in [1.54, 1.807) is 32.1 Å². The van der Waals surface area contributed by atoms with Gasteiger partial charge < -0.3 is 28.4 Å². The van der Waals surface area contributed by atoms with Crippen molar-refractivity contribution in [3.8, 4) is 23.0 Å². The molecule has 8 heteroatoms. The molecule has 0 heterocycles. The average molecular weight is 471 g/mol. The molecule has 1 aliphatic carbocycles. The van der Waals surface area contributed by atoms with Crippen molar-refractivity contribution in [2.45, 2.75) is 19.8 Å². The molecule has 0 saturated heterocycles. The monoisotopic (exact) mass is 470 g/mol. The molecule has 0 fully saturated rings. The lowest BCUT2D eigenvalue weighted by Crippen LogP contribution is -2.34. The summed E-state index contributed by atoms with van der Waals surface area (Å²) in [6.45, 7) is 3.74. The molecule has 2 atom stereocenters. The van der Waals surface area contributed by atoms with Gasteiger partial charge in [-0.25, -0.2) is 4.79 Å². The van der Waals surface area contributed by atoms with Crippen molar-refractivity contribution in [1.29, 1.82) is 0 Å². The van der Waals surface area contributed by atoms with Gasteiger partial charge in [-0.15, -0.1) is 0 Å². The number of para-hydroxylation sites is 1. The van der Waals surface area contributed by atoms with Gasteiger partial charge in [0.2, 0.25) is 0 Å². The summed E-state index contributed by atoms with van der Waals surface area (Å²) in [7, 11) is 6.12. The van der Waals surface area contributed by atoms with Crippen LogP contribution in [0.15, 0.2) is 35.9 Å². The fourth-order valence-corrected chi connectivity index (χ4v) is 4.39. The maximum Gasteiger partial charge on any atom is 0.334 e. The summed E-state index contributed by atoms with van der Waals surface area (Å²) in [6, 6.07) is 9.03. The highest BCUT2D eigenvalue weighted by molar-refractivity contribution is 6.02. The van der Waals surface area contributed by atoms with E-state index >= 15 is 0 Å². The topological polar surface area (TPSA) is 89.5 Å². The SMILES string of the molecule is CCOC(=O)C1=Cc2c(ccc(OC)c2OC)[C@H](c2cccc(OC)c2OC)[C@H]1C(=O)OCC. The molecular weight excluding hydrogens is 440 g/mol. The van der Waals surface area contributed by atoms with Gasteiger partial charge in [0.1, 0.15) is 5.92 Å². The molecule has 0 amide bonds. The summed E-state index contributed by atoms with van der Waals surface area (Å²) < 4.78 is 33.1. The van der Waals surface area contributed by atoms with Gasteiger partial charge in [0.05, 0.1) is 47.2 Å². The molecule has 0 bridgehead atoms. The van der Waals surface area contributed by atoms with Crippen LogP contribution in [0.5, 0.6) is 23.0 Å². The van der Waals surface area contributed by atoms with Crippen LogP contribution in [0.25, 0.3) is 6.08 Å². The van der Waals surface area contributed by atoms with Crippen LogP contribution in [0, 0.1) is 5.92 Å². The highest BCUT2D eigenvalue weighted by Gasteiger charge is 2.44. The lowest BCUT2D eigenvalue weighted by atomic mass is 9.70. The van der Waals surface area contributed by atoms with Crippen molar-refractivity contribution < 1.29 is 38.0 Å². The number of hydrogen-bond donors (Lipinski definition) is 0. The second-order valence-corrected chi connectivity index (χ2v) is 7.41. The van der Waals surface area contributed by atoms with Crippen molar-refractivity contribution in [1.82, 2.24) is 0 Å². The lowest BCUT2D eigenvalue weighted by molar-refractivity contribution is -0.150. The van der Waals surface area contributed by atoms with E-state index in [1.165, 1.54) is 28.4 Å². The molecule has 0 N–H and O–H groups in total. The molecule has 2 aromatic rings. The predicted octanol–water partition coefficient (Wildman–Crippen LogP) is 3.99. The molecule has 34 heavy (non-hydrogen) atoms. The van der Waals surface area contributed by atoms with E-state index in [4.69, 9.17) is 28.4 Å². The quantitative estimate of drug-likeness (QED) is 0.508.